The van der Waals surface area contributed by atoms with E-state index in [9.17, 15) is 14.7 Å². The minimum Gasteiger partial charge on any atom is -0.459 e. The smallest absolute Gasteiger partial charge is 0.342 e. The topological polar surface area (TPSA) is 76.1 Å². The number of nitrogens with zero attached hydrogens (tertiary/aromatic N) is 1. The van der Waals surface area contributed by atoms with E-state index < -0.39 is 34.6 Å². The maximum atomic E-state index is 13.7. The van der Waals surface area contributed by atoms with Crippen molar-refractivity contribution in [2.75, 3.05) is 5.06 Å². The second-order valence-electron chi connectivity index (χ2n) is 10.6. The number of esters is 1. The van der Waals surface area contributed by atoms with Gasteiger partial charge in [-0.15, -0.1) is 0 Å². The van der Waals surface area contributed by atoms with Gasteiger partial charge in [0, 0.05) is 17.4 Å². The molecule has 3 fully saturated rings. The van der Waals surface area contributed by atoms with Crippen molar-refractivity contribution >= 4 is 29.0 Å². The number of hydrogen-bond acceptors (Lipinski definition) is 6. The Morgan fingerprint density at radius 1 is 1.09 bits per heavy atom. The molecule has 182 valence electrons. The molecule has 2 heterocycles. The summed E-state index contributed by atoms with van der Waals surface area (Å²) in [7, 11) is 0. The molecule has 35 heavy (non-hydrogen) atoms. The van der Waals surface area contributed by atoms with Crippen molar-refractivity contribution in [2.24, 2.45) is 17.3 Å². The summed E-state index contributed by atoms with van der Waals surface area (Å²) in [5.74, 6) is -1.25. The largest absolute Gasteiger partial charge is 0.459 e. The van der Waals surface area contributed by atoms with Crippen LogP contribution in [-0.2, 0) is 19.2 Å². The molecule has 1 N–H and O–H groups in total. The maximum absolute atomic E-state index is 13.7. The first-order valence-corrected chi connectivity index (χ1v) is 12.5. The Kier molecular flexibility index (Phi) is 4.99. The SMILES string of the molecule is C[C@H]1CC[C@@H]2[C@@H](OC(=O)C23C[C@@H](c2cccc(Cl)c2)N(c2ccccc2)O3)[C@]2(C)C(=O)C=C[C@@]12O. The lowest BCUT2D eigenvalue weighted by Gasteiger charge is -2.43. The van der Waals surface area contributed by atoms with Crippen molar-refractivity contribution in [2.45, 2.75) is 56.5 Å². The minimum atomic E-state index is -1.38. The highest BCUT2D eigenvalue weighted by molar-refractivity contribution is 6.30. The molecule has 2 saturated heterocycles. The fraction of sp³-hybridized carbons (Fsp3) is 0.429. The number of hydroxylamine groups is 1. The zero-order valence-electron chi connectivity index (χ0n) is 19.7. The van der Waals surface area contributed by atoms with Gasteiger partial charge in [0.1, 0.15) is 11.7 Å². The highest BCUT2D eigenvalue weighted by Gasteiger charge is 2.74. The fourth-order valence-electron chi connectivity index (χ4n) is 6.80. The number of fused-ring (bicyclic) bond motifs is 4. The fourth-order valence-corrected chi connectivity index (χ4v) is 7.00. The van der Waals surface area contributed by atoms with Crippen LogP contribution in [-0.4, -0.2) is 34.2 Å². The van der Waals surface area contributed by atoms with Gasteiger partial charge in [-0.1, -0.05) is 48.9 Å². The van der Waals surface area contributed by atoms with Gasteiger partial charge in [-0.05, 0) is 67.7 Å². The molecule has 0 radical (unpaired) electrons. The number of carbonyl (C=O) groups excluding carboxylic acids is 2. The van der Waals surface area contributed by atoms with Crippen molar-refractivity contribution in [1.82, 2.24) is 0 Å². The van der Waals surface area contributed by atoms with E-state index in [-0.39, 0.29) is 17.7 Å². The predicted molar refractivity (Wildman–Crippen MR) is 131 cm³/mol. The van der Waals surface area contributed by atoms with Gasteiger partial charge in [-0.3, -0.25) is 9.63 Å². The predicted octanol–water partition coefficient (Wildman–Crippen LogP) is 4.81. The van der Waals surface area contributed by atoms with Crippen molar-refractivity contribution < 1.29 is 24.3 Å². The van der Waals surface area contributed by atoms with E-state index in [1.54, 1.807) is 18.1 Å². The number of allylic oxidation sites excluding steroid dienone is 1. The number of hydrogen-bond donors (Lipinski definition) is 1. The van der Waals surface area contributed by atoms with Crippen LogP contribution in [0.1, 0.15) is 44.7 Å². The zero-order valence-corrected chi connectivity index (χ0v) is 20.4. The summed E-state index contributed by atoms with van der Waals surface area (Å²) in [6.45, 7) is 3.69. The third kappa shape index (κ3) is 2.97. The van der Waals surface area contributed by atoms with E-state index in [4.69, 9.17) is 21.2 Å². The number of carbonyl (C=O) groups is 2. The van der Waals surface area contributed by atoms with Gasteiger partial charge in [0.25, 0.3) is 0 Å². The standard InChI is InChI=1S/C28H28ClNO5/c1-17-11-12-21-24(26(2)23(31)13-14-28(17,26)33)34-25(32)27(21)16-22(18-7-6-8-19(29)15-18)30(35-27)20-9-4-3-5-10-20/h3-10,13-15,17,21-22,24,33H,11-12,16H2,1-2H3/t17-,21+,22-,24+,26-,27?,28+/m0/s1. The number of benzene rings is 2. The molecule has 1 unspecified atom stereocenters. The second-order valence-corrected chi connectivity index (χ2v) is 11.0. The summed E-state index contributed by atoms with van der Waals surface area (Å²) >= 11 is 6.33. The summed E-state index contributed by atoms with van der Waals surface area (Å²) in [6, 6.07) is 16.9. The lowest BCUT2D eigenvalue weighted by atomic mass is 9.63. The van der Waals surface area contributed by atoms with Crippen molar-refractivity contribution in [1.29, 1.82) is 0 Å². The molecule has 2 aliphatic heterocycles. The zero-order chi connectivity index (χ0) is 24.6. The Labute approximate surface area is 209 Å². The average molecular weight is 494 g/mol. The van der Waals surface area contributed by atoms with Crippen LogP contribution in [0.25, 0.3) is 0 Å². The average Bonchev–Trinajstić information content (AvgIpc) is 3.45. The number of ether oxygens (including phenoxy) is 1. The number of ketones is 1. The monoisotopic (exact) mass is 493 g/mol. The van der Waals surface area contributed by atoms with Crippen LogP contribution >= 0.6 is 11.6 Å². The maximum Gasteiger partial charge on any atom is 0.342 e. The first kappa shape index (κ1) is 22.8. The molecule has 0 amide bonds. The minimum absolute atomic E-state index is 0.174. The molecule has 2 aromatic rings. The molecule has 6 rings (SSSR count). The number of para-hydroxylation sites is 1. The van der Waals surface area contributed by atoms with Crippen molar-refractivity contribution in [3.63, 3.8) is 0 Å². The van der Waals surface area contributed by atoms with Gasteiger partial charge in [0.15, 0.2) is 5.78 Å². The highest BCUT2D eigenvalue weighted by Crippen LogP contribution is 2.61. The third-order valence-electron chi connectivity index (χ3n) is 8.89. The van der Waals surface area contributed by atoms with Crippen LogP contribution in [0.5, 0.6) is 0 Å². The number of rotatable bonds is 2. The van der Waals surface area contributed by atoms with Crippen LogP contribution < -0.4 is 5.06 Å². The van der Waals surface area contributed by atoms with Gasteiger partial charge in [-0.2, -0.15) is 0 Å². The van der Waals surface area contributed by atoms with E-state index in [0.717, 1.165) is 11.3 Å². The van der Waals surface area contributed by atoms with Crippen molar-refractivity contribution in [3.05, 3.63) is 77.3 Å². The lowest BCUT2D eigenvalue weighted by molar-refractivity contribution is -0.169. The van der Waals surface area contributed by atoms with E-state index >= 15 is 0 Å². The Hall–Kier alpha value is -2.67. The Balaban J connectivity index is 1.46. The Morgan fingerprint density at radius 3 is 2.60 bits per heavy atom. The summed E-state index contributed by atoms with van der Waals surface area (Å²) < 4.78 is 6.04. The van der Waals surface area contributed by atoms with Gasteiger partial charge >= 0.3 is 5.97 Å². The van der Waals surface area contributed by atoms with Crippen LogP contribution in [0.4, 0.5) is 5.69 Å². The Morgan fingerprint density at radius 2 is 1.86 bits per heavy atom. The van der Waals surface area contributed by atoms with E-state index in [1.807, 2.05) is 61.5 Å². The second kappa shape index (κ2) is 7.66. The van der Waals surface area contributed by atoms with Crippen molar-refractivity contribution in [3.8, 4) is 0 Å². The molecule has 2 aromatic carbocycles. The molecule has 1 saturated carbocycles. The summed E-state index contributed by atoms with van der Waals surface area (Å²) in [5.41, 5.74) is -2.17. The number of aliphatic hydroxyl groups is 1. The van der Waals surface area contributed by atoms with Crippen LogP contribution in [0.3, 0.4) is 0 Å². The van der Waals surface area contributed by atoms with E-state index in [1.165, 1.54) is 6.08 Å². The molecular weight excluding hydrogens is 466 g/mol. The molecule has 2 aliphatic carbocycles. The van der Waals surface area contributed by atoms with Gasteiger partial charge in [0.05, 0.1) is 17.1 Å². The number of halogens is 1. The summed E-state index contributed by atoms with van der Waals surface area (Å²) in [6.07, 6.45) is 3.84. The van der Waals surface area contributed by atoms with Crippen LogP contribution in [0, 0.1) is 17.3 Å². The molecule has 7 heteroatoms. The molecule has 1 spiro atoms. The number of anilines is 1. The lowest BCUT2D eigenvalue weighted by Crippen LogP contribution is -2.57. The third-order valence-corrected chi connectivity index (χ3v) is 9.13. The highest BCUT2D eigenvalue weighted by atomic mass is 35.5. The van der Waals surface area contributed by atoms with Gasteiger partial charge < -0.3 is 9.84 Å². The normalized spacial score (nSPS) is 40.1. The first-order valence-electron chi connectivity index (χ1n) is 12.2. The molecule has 6 nitrogen and oxygen atoms in total. The summed E-state index contributed by atoms with van der Waals surface area (Å²) in [5, 5.41) is 14.1. The van der Waals surface area contributed by atoms with Crippen LogP contribution in [0.15, 0.2) is 66.7 Å². The Bertz CT molecular complexity index is 1230. The van der Waals surface area contributed by atoms with Crippen LogP contribution in [0.2, 0.25) is 5.02 Å². The molecular formula is C28H28ClNO5. The molecule has 7 atom stereocenters. The van der Waals surface area contributed by atoms with Gasteiger partial charge in [-0.25, -0.2) is 9.86 Å². The first-order chi connectivity index (χ1) is 16.7. The quantitative estimate of drug-likeness (QED) is 0.605. The van der Waals surface area contributed by atoms with E-state index in [0.29, 0.717) is 24.3 Å². The van der Waals surface area contributed by atoms with Gasteiger partial charge in [0.2, 0.25) is 5.60 Å². The molecule has 4 aliphatic rings. The summed E-state index contributed by atoms with van der Waals surface area (Å²) in [4.78, 5) is 33.5. The molecule has 0 bridgehead atoms. The van der Waals surface area contributed by atoms with E-state index in [2.05, 4.69) is 0 Å². The molecule has 0 aromatic heterocycles.